The quantitative estimate of drug-likeness (QED) is 0.730. The lowest BCUT2D eigenvalue weighted by Crippen LogP contribution is -2.17. The average molecular weight is 394 g/mol. The molecular formula is C19H16BrN5. The molecule has 0 aliphatic carbocycles. The number of nitrogens with two attached hydrogens (primary N) is 1. The zero-order valence-electron chi connectivity index (χ0n) is 13.4. The van der Waals surface area contributed by atoms with Crippen molar-refractivity contribution in [1.29, 1.82) is 0 Å². The van der Waals surface area contributed by atoms with Crippen LogP contribution in [-0.2, 0) is 13.1 Å². The third-order valence-electron chi connectivity index (χ3n) is 4.09. The van der Waals surface area contributed by atoms with E-state index >= 15 is 0 Å². The smallest absolute Gasteiger partial charge is 0.226 e. The molecule has 25 heavy (non-hydrogen) atoms. The number of aromatic nitrogens is 3. The van der Waals surface area contributed by atoms with Crippen LogP contribution in [0.1, 0.15) is 22.4 Å². The van der Waals surface area contributed by atoms with E-state index in [0.717, 1.165) is 34.8 Å². The molecule has 124 valence electrons. The fraction of sp³-hybridized carbons (Fsp3) is 0.105. The van der Waals surface area contributed by atoms with Gasteiger partial charge in [-0.2, -0.15) is 0 Å². The Morgan fingerprint density at radius 1 is 0.960 bits per heavy atom. The van der Waals surface area contributed by atoms with Gasteiger partial charge in [0.1, 0.15) is 5.82 Å². The highest BCUT2D eigenvalue weighted by molar-refractivity contribution is 9.10. The van der Waals surface area contributed by atoms with Gasteiger partial charge in [-0.05, 0) is 53.1 Å². The van der Waals surface area contributed by atoms with E-state index < -0.39 is 0 Å². The van der Waals surface area contributed by atoms with E-state index in [-0.39, 0.29) is 0 Å². The van der Waals surface area contributed by atoms with E-state index in [9.17, 15) is 0 Å². The molecule has 0 radical (unpaired) electrons. The number of hydrogen-bond acceptors (Lipinski definition) is 5. The summed E-state index contributed by atoms with van der Waals surface area (Å²) in [5, 5.41) is 0. The summed E-state index contributed by atoms with van der Waals surface area (Å²) in [6, 6.07) is 12.0. The molecule has 3 aromatic rings. The topological polar surface area (TPSA) is 67.9 Å². The molecule has 0 amide bonds. The summed E-state index contributed by atoms with van der Waals surface area (Å²) in [5.41, 5.74) is 10.2. The van der Waals surface area contributed by atoms with Crippen LogP contribution in [0.15, 0.2) is 53.3 Å². The average Bonchev–Trinajstić information content (AvgIpc) is 3.03. The number of rotatable bonds is 3. The summed E-state index contributed by atoms with van der Waals surface area (Å²) >= 11 is 3.53. The molecule has 0 atom stereocenters. The van der Waals surface area contributed by atoms with Crippen molar-refractivity contribution in [2.45, 2.75) is 13.1 Å². The van der Waals surface area contributed by atoms with Gasteiger partial charge in [0.2, 0.25) is 5.95 Å². The van der Waals surface area contributed by atoms with Crippen LogP contribution in [0.5, 0.6) is 0 Å². The van der Waals surface area contributed by atoms with Crippen LogP contribution in [0.4, 0.5) is 11.8 Å². The second kappa shape index (κ2) is 6.64. The first-order chi connectivity index (χ1) is 12.2. The largest absolute Gasteiger partial charge is 0.384 e. The van der Waals surface area contributed by atoms with E-state index in [0.29, 0.717) is 5.82 Å². The highest BCUT2D eigenvalue weighted by atomic mass is 79.9. The van der Waals surface area contributed by atoms with Crippen LogP contribution >= 0.6 is 15.9 Å². The lowest BCUT2D eigenvalue weighted by molar-refractivity contribution is 0.826. The molecule has 0 bridgehead atoms. The van der Waals surface area contributed by atoms with Gasteiger partial charge in [-0.25, -0.2) is 15.0 Å². The summed E-state index contributed by atoms with van der Waals surface area (Å²) in [6.07, 6.45) is 7.42. The third kappa shape index (κ3) is 3.53. The van der Waals surface area contributed by atoms with Gasteiger partial charge in [0.05, 0.1) is 5.69 Å². The van der Waals surface area contributed by atoms with Gasteiger partial charge in [-0.1, -0.05) is 28.1 Å². The first-order valence-electron chi connectivity index (χ1n) is 7.92. The standard InChI is InChI=1S/C19H16BrN5/c20-16-3-2-14-11-25(12-15(14)10-16)19-23-8-6-17(24-19)4-1-13-5-7-22-18(21)9-13/h1-10H,11-12H2,(H2,21,22)/b4-1+. The third-order valence-corrected chi connectivity index (χ3v) is 4.58. The number of pyridine rings is 1. The molecule has 1 aliphatic rings. The second-order valence-corrected chi connectivity index (χ2v) is 6.81. The molecule has 0 spiro atoms. The van der Waals surface area contributed by atoms with Crippen LogP contribution in [0.2, 0.25) is 0 Å². The van der Waals surface area contributed by atoms with Gasteiger partial charge in [0.25, 0.3) is 0 Å². The molecule has 6 heteroatoms. The minimum atomic E-state index is 0.506. The van der Waals surface area contributed by atoms with Crippen LogP contribution in [0, 0.1) is 0 Å². The predicted molar refractivity (Wildman–Crippen MR) is 104 cm³/mol. The molecule has 0 saturated carbocycles. The van der Waals surface area contributed by atoms with Crippen molar-refractivity contribution in [3.63, 3.8) is 0 Å². The summed E-state index contributed by atoms with van der Waals surface area (Å²) < 4.78 is 1.10. The molecular weight excluding hydrogens is 378 g/mol. The summed E-state index contributed by atoms with van der Waals surface area (Å²) in [7, 11) is 0. The van der Waals surface area contributed by atoms with Crippen molar-refractivity contribution in [1.82, 2.24) is 15.0 Å². The van der Waals surface area contributed by atoms with Crippen molar-refractivity contribution in [2.75, 3.05) is 10.6 Å². The Morgan fingerprint density at radius 2 is 1.80 bits per heavy atom. The SMILES string of the molecule is Nc1cc(/C=C/c2ccnc(N3Cc4ccc(Br)cc4C3)n2)ccn1. The number of halogens is 1. The summed E-state index contributed by atoms with van der Waals surface area (Å²) in [5.74, 6) is 1.25. The first-order valence-corrected chi connectivity index (χ1v) is 8.71. The van der Waals surface area contributed by atoms with Crippen LogP contribution in [0.3, 0.4) is 0 Å². The molecule has 0 fully saturated rings. The van der Waals surface area contributed by atoms with Gasteiger partial charge in [-0.3, -0.25) is 0 Å². The molecule has 1 aliphatic heterocycles. The highest BCUT2D eigenvalue weighted by Crippen LogP contribution is 2.28. The molecule has 0 saturated heterocycles. The Kier molecular flexibility index (Phi) is 4.19. The lowest BCUT2D eigenvalue weighted by Gasteiger charge is -2.15. The fourth-order valence-electron chi connectivity index (χ4n) is 2.86. The van der Waals surface area contributed by atoms with Crippen molar-refractivity contribution in [3.8, 4) is 0 Å². The highest BCUT2D eigenvalue weighted by Gasteiger charge is 2.21. The number of anilines is 2. The first kappa shape index (κ1) is 15.8. The second-order valence-electron chi connectivity index (χ2n) is 5.90. The minimum Gasteiger partial charge on any atom is -0.384 e. The fourth-order valence-corrected chi connectivity index (χ4v) is 3.27. The number of nitrogen functional groups attached to an aromatic ring is 1. The normalized spacial score (nSPS) is 13.4. The number of nitrogens with zero attached hydrogens (tertiary/aromatic N) is 4. The molecule has 4 rings (SSSR count). The molecule has 2 N–H and O–H groups in total. The van der Waals surface area contributed by atoms with Crippen molar-refractivity contribution in [2.24, 2.45) is 0 Å². The Bertz CT molecular complexity index is 954. The number of benzene rings is 1. The Hall–Kier alpha value is -2.73. The van der Waals surface area contributed by atoms with Gasteiger partial charge >= 0.3 is 0 Å². The molecule has 2 aromatic heterocycles. The number of hydrogen-bond donors (Lipinski definition) is 1. The summed E-state index contributed by atoms with van der Waals surface area (Å²) in [4.78, 5) is 15.3. The van der Waals surface area contributed by atoms with Gasteiger partial charge in [0, 0.05) is 30.0 Å². The minimum absolute atomic E-state index is 0.506. The zero-order chi connectivity index (χ0) is 17.2. The Morgan fingerprint density at radius 3 is 2.68 bits per heavy atom. The molecule has 1 aromatic carbocycles. The van der Waals surface area contributed by atoms with E-state index in [1.807, 2.05) is 30.4 Å². The molecule has 0 unspecified atom stereocenters. The summed E-state index contributed by atoms with van der Waals surface area (Å²) in [6.45, 7) is 1.65. The maximum atomic E-state index is 5.71. The van der Waals surface area contributed by atoms with E-state index in [1.54, 1.807) is 12.4 Å². The predicted octanol–water partition coefficient (Wildman–Crippen LogP) is 3.91. The van der Waals surface area contributed by atoms with E-state index in [2.05, 4.69) is 54.0 Å². The number of fused-ring (bicyclic) bond motifs is 1. The van der Waals surface area contributed by atoms with Crippen molar-refractivity contribution < 1.29 is 0 Å². The van der Waals surface area contributed by atoms with E-state index in [4.69, 9.17) is 5.73 Å². The zero-order valence-corrected chi connectivity index (χ0v) is 15.0. The van der Waals surface area contributed by atoms with Crippen molar-refractivity contribution >= 4 is 39.8 Å². The van der Waals surface area contributed by atoms with Crippen molar-refractivity contribution in [3.05, 3.63) is 75.6 Å². The monoisotopic (exact) mass is 393 g/mol. The maximum Gasteiger partial charge on any atom is 0.226 e. The Labute approximate surface area is 154 Å². The van der Waals surface area contributed by atoms with Gasteiger partial charge in [0.15, 0.2) is 0 Å². The molecule has 3 heterocycles. The maximum absolute atomic E-state index is 5.71. The molecule has 5 nitrogen and oxygen atoms in total. The van der Waals surface area contributed by atoms with Gasteiger partial charge in [-0.15, -0.1) is 0 Å². The van der Waals surface area contributed by atoms with Crippen LogP contribution in [-0.4, -0.2) is 15.0 Å². The van der Waals surface area contributed by atoms with Crippen LogP contribution < -0.4 is 10.6 Å². The lowest BCUT2D eigenvalue weighted by atomic mass is 10.1. The van der Waals surface area contributed by atoms with E-state index in [1.165, 1.54) is 11.1 Å². The van der Waals surface area contributed by atoms with Gasteiger partial charge < -0.3 is 10.6 Å². The van der Waals surface area contributed by atoms with Crippen LogP contribution in [0.25, 0.3) is 12.2 Å². The Balaban J connectivity index is 1.54.